The molecule has 6 heteroatoms. The first-order chi connectivity index (χ1) is 15.4. The van der Waals surface area contributed by atoms with Crippen molar-refractivity contribution in [3.63, 3.8) is 0 Å². The number of rotatable bonds is 5. The van der Waals surface area contributed by atoms with Gasteiger partial charge in [0.2, 0.25) is 11.8 Å². The Kier molecular flexibility index (Phi) is 7.01. The lowest BCUT2D eigenvalue weighted by molar-refractivity contribution is -0.144. The molecule has 0 unspecified atom stereocenters. The molecule has 4 rings (SSSR count). The van der Waals surface area contributed by atoms with Crippen molar-refractivity contribution in [1.82, 2.24) is 14.7 Å². The zero-order valence-electron chi connectivity index (χ0n) is 19.7. The maximum atomic E-state index is 13.1. The molecule has 2 atom stereocenters. The van der Waals surface area contributed by atoms with Crippen molar-refractivity contribution in [1.29, 1.82) is 0 Å². The normalized spacial score (nSPS) is 21.7. The van der Waals surface area contributed by atoms with Crippen LogP contribution in [0.1, 0.15) is 54.8 Å². The molecule has 0 saturated carbocycles. The summed E-state index contributed by atoms with van der Waals surface area (Å²) in [6, 6.07) is 11.2. The Labute approximate surface area is 196 Å². The van der Waals surface area contributed by atoms with Gasteiger partial charge in [-0.3, -0.25) is 14.5 Å². The average Bonchev–Trinajstić information content (AvgIpc) is 3.26. The van der Waals surface area contributed by atoms with Gasteiger partial charge in [0.15, 0.2) is 0 Å². The van der Waals surface area contributed by atoms with E-state index in [0.29, 0.717) is 26.1 Å². The zero-order valence-corrected chi connectivity index (χ0v) is 20.5. The van der Waals surface area contributed by atoms with Crippen molar-refractivity contribution in [2.24, 2.45) is 5.92 Å². The van der Waals surface area contributed by atoms with Gasteiger partial charge in [-0.2, -0.15) is 0 Å². The van der Waals surface area contributed by atoms with Crippen molar-refractivity contribution in [2.75, 3.05) is 32.7 Å². The highest BCUT2D eigenvalue weighted by molar-refractivity contribution is 7.10. The molecule has 2 aliphatic rings. The molecular formula is C26H35N3O2S. The summed E-state index contributed by atoms with van der Waals surface area (Å²) in [6.45, 7) is 11.8. The monoisotopic (exact) mass is 453 g/mol. The standard InChI is InChI=1S/C26H35N3O2S/c1-18(2)26(31)29-15-14-28(17-20(29)4)24(30)10-13-27-12-9-23-22(11-16-32-23)25(27)21-8-6-5-7-19(21)3/h5-8,11,16,18,20,25H,9-10,12-15,17H2,1-4H3/t20-,25-/m0/s1. The number of hydrogen-bond donors (Lipinski definition) is 0. The third-order valence-corrected chi connectivity index (χ3v) is 7.92. The minimum atomic E-state index is -0.000763. The Bertz CT molecular complexity index is 969. The maximum absolute atomic E-state index is 13.1. The minimum absolute atomic E-state index is 0.000763. The Morgan fingerprint density at radius 3 is 2.59 bits per heavy atom. The maximum Gasteiger partial charge on any atom is 0.225 e. The molecule has 1 saturated heterocycles. The summed E-state index contributed by atoms with van der Waals surface area (Å²) in [5.74, 6) is 0.387. The quantitative estimate of drug-likeness (QED) is 0.684. The Balaban J connectivity index is 1.42. The topological polar surface area (TPSA) is 43.9 Å². The number of nitrogens with zero attached hydrogens (tertiary/aromatic N) is 3. The fourth-order valence-corrected chi connectivity index (χ4v) is 6.01. The van der Waals surface area contributed by atoms with Crippen LogP contribution in [0.2, 0.25) is 0 Å². The molecule has 172 valence electrons. The van der Waals surface area contributed by atoms with Crippen LogP contribution in [0.5, 0.6) is 0 Å². The van der Waals surface area contributed by atoms with E-state index in [1.54, 1.807) is 0 Å². The van der Waals surface area contributed by atoms with Crippen LogP contribution in [0.15, 0.2) is 35.7 Å². The largest absolute Gasteiger partial charge is 0.339 e. The van der Waals surface area contributed by atoms with Gasteiger partial charge in [-0.1, -0.05) is 38.1 Å². The smallest absolute Gasteiger partial charge is 0.225 e. The van der Waals surface area contributed by atoms with E-state index >= 15 is 0 Å². The number of benzene rings is 1. The number of hydrogen-bond acceptors (Lipinski definition) is 4. The van der Waals surface area contributed by atoms with Crippen LogP contribution < -0.4 is 0 Å². The van der Waals surface area contributed by atoms with E-state index in [2.05, 4.69) is 54.5 Å². The Morgan fingerprint density at radius 1 is 1.09 bits per heavy atom. The molecule has 2 aliphatic heterocycles. The number of piperazine rings is 1. The zero-order chi connectivity index (χ0) is 22.8. The van der Waals surface area contributed by atoms with E-state index in [4.69, 9.17) is 0 Å². The number of thiophene rings is 1. The summed E-state index contributed by atoms with van der Waals surface area (Å²) < 4.78 is 0. The third-order valence-electron chi connectivity index (χ3n) is 6.92. The fourth-order valence-electron chi connectivity index (χ4n) is 5.11. The third kappa shape index (κ3) is 4.62. The molecule has 1 aromatic carbocycles. The molecule has 0 radical (unpaired) electrons. The molecule has 0 bridgehead atoms. The van der Waals surface area contributed by atoms with E-state index in [1.165, 1.54) is 21.6 Å². The molecule has 2 aromatic rings. The predicted octanol–water partition coefficient (Wildman–Crippen LogP) is 4.11. The number of carbonyl (C=O) groups is 2. The van der Waals surface area contributed by atoms with Gasteiger partial charge in [-0.05, 0) is 48.4 Å². The minimum Gasteiger partial charge on any atom is -0.339 e. The molecule has 32 heavy (non-hydrogen) atoms. The number of amides is 2. The van der Waals surface area contributed by atoms with Gasteiger partial charge in [-0.25, -0.2) is 0 Å². The molecule has 0 spiro atoms. The van der Waals surface area contributed by atoms with Crippen LogP contribution in [-0.4, -0.2) is 65.3 Å². The van der Waals surface area contributed by atoms with Gasteiger partial charge in [-0.15, -0.1) is 11.3 Å². The van der Waals surface area contributed by atoms with Crippen LogP contribution in [0.25, 0.3) is 0 Å². The van der Waals surface area contributed by atoms with Crippen LogP contribution in [-0.2, 0) is 16.0 Å². The van der Waals surface area contributed by atoms with Gasteiger partial charge in [0.1, 0.15) is 0 Å². The van der Waals surface area contributed by atoms with E-state index in [1.807, 2.05) is 35.0 Å². The first-order valence-electron chi connectivity index (χ1n) is 11.8. The second-order valence-corrected chi connectivity index (χ2v) is 10.5. The van der Waals surface area contributed by atoms with E-state index < -0.39 is 0 Å². The molecule has 1 aromatic heterocycles. The van der Waals surface area contributed by atoms with Crippen molar-refractivity contribution >= 4 is 23.2 Å². The van der Waals surface area contributed by atoms with Gasteiger partial charge < -0.3 is 9.80 Å². The van der Waals surface area contributed by atoms with Crippen molar-refractivity contribution < 1.29 is 9.59 Å². The predicted molar refractivity (Wildman–Crippen MR) is 130 cm³/mol. The Morgan fingerprint density at radius 2 is 1.88 bits per heavy atom. The second kappa shape index (κ2) is 9.75. The molecule has 5 nitrogen and oxygen atoms in total. The number of aryl methyl sites for hydroxylation is 1. The summed E-state index contributed by atoms with van der Waals surface area (Å²) in [5.41, 5.74) is 4.04. The summed E-state index contributed by atoms with van der Waals surface area (Å²) in [5, 5.41) is 2.20. The van der Waals surface area contributed by atoms with E-state index in [-0.39, 0.29) is 29.8 Å². The molecule has 3 heterocycles. The van der Waals surface area contributed by atoms with Gasteiger partial charge in [0.25, 0.3) is 0 Å². The first-order valence-corrected chi connectivity index (χ1v) is 12.7. The van der Waals surface area contributed by atoms with E-state index in [0.717, 1.165) is 19.5 Å². The van der Waals surface area contributed by atoms with Crippen LogP contribution in [0, 0.1) is 12.8 Å². The molecule has 0 N–H and O–H groups in total. The fraction of sp³-hybridized carbons (Fsp3) is 0.538. The van der Waals surface area contributed by atoms with Crippen LogP contribution >= 0.6 is 11.3 Å². The number of carbonyl (C=O) groups excluding carboxylic acids is 2. The molecule has 1 fully saturated rings. The Hall–Kier alpha value is -2.18. The van der Waals surface area contributed by atoms with Crippen molar-refractivity contribution in [2.45, 2.75) is 52.6 Å². The second-order valence-electron chi connectivity index (χ2n) is 9.47. The first kappa shape index (κ1) is 23.0. The lowest BCUT2D eigenvalue weighted by Crippen LogP contribution is -2.56. The highest BCUT2D eigenvalue weighted by atomic mass is 32.1. The average molecular weight is 454 g/mol. The van der Waals surface area contributed by atoms with Crippen molar-refractivity contribution in [3.05, 3.63) is 57.3 Å². The summed E-state index contributed by atoms with van der Waals surface area (Å²) >= 11 is 1.85. The lowest BCUT2D eigenvalue weighted by atomic mass is 9.90. The highest BCUT2D eigenvalue weighted by Crippen LogP contribution is 2.38. The summed E-state index contributed by atoms with van der Waals surface area (Å²) in [6.07, 6.45) is 1.57. The molecule has 0 aliphatic carbocycles. The van der Waals surface area contributed by atoms with E-state index in [9.17, 15) is 9.59 Å². The number of fused-ring (bicyclic) bond motifs is 1. The van der Waals surface area contributed by atoms with Crippen LogP contribution in [0.4, 0.5) is 0 Å². The van der Waals surface area contributed by atoms with Gasteiger partial charge in [0, 0.05) is 56.0 Å². The van der Waals surface area contributed by atoms with Gasteiger partial charge in [0.05, 0.1) is 6.04 Å². The summed E-state index contributed by atoms with van der Waals surface area (Å²) in [7, 11) is 0. The molecule has 2 amide bonds. The van der Waals surface area contributed by atoms with Gasteiger partial charge >= 0.3 is 0 Å². The highest BCUT2D eigenvalue weighted by Gasteiger charge is 2.33. The summed E-state index contributed by atoms with van der Waals surface area (Å²) in [4.78, 5) is 33.4. The lowest BCUT2D eigenvalue weighted by Gasteiger charge is -2.41. The van der Waals surface area contributed by atoms with Crippen LogP contribution in [0.3, 0.4) is 0 Å². The van der Waals surface area contributed by atoms with Crippen molar-refractivity contribution in [3.8, 4) is 0 Å². The molecular weight excluding hydrogens is 418 g/mol. The SMILES string of the molecule is Cc1ccccc1[C@H]1c2ccsc2CCN1CCC(=O)N1CCN(C(=O)C(C)C)[C@@H](C)C1.